The molecule has 0 bridgehead atoms. The van der Waals surface area contributed by atoms with Crippen molar-refractivity contribution in [2.75, 3.05) is 11.9 Å². The average molecular weight is 282 g/mol. The van der Waals surface area contributed by atoms with Crippen molar-refractivity contribution in [2.24, 2.45) is 5.92 Å². The van der Waals surface area contributed by atoms with Crippen LogP contribution in [0.4, 0.5) is 5.00 Å². The molecule has 0 radical (unpaired) electrons. The topological polar surface area (TPSA) is 95.5 Å². The van der Waals surface area contributed by atoms with Crippen molar-refractivity contribution in [1.82, 2.24) is 5.32 Å². The van der Waals surface area contributed by atoms with Crippen molar-refractivity contribution in [1.29, 1.82) is 0 Å². The molecule has 0 saturated heterocycles. The molecule has 7 heteroatoms. The van der Waals surface area contributed by atoms with Crippen LogP contribution in [0.2, 0.25) is 0 Å². The van der Waals surface area contributed by atoms with Crippen LogP contribution in [0, 0.1) is 5.92 Å². The first-order chi connectivity index (χ1) is 9.06. The maximum absolute atomic E-state index is 11.7. The van der Waals surface area contributed by atoms with Gasteiger partial charge >= 0.3 is 5.97 Å². The highest BCUT2D eigenvalue weighted by Gasteiger charge is 2.29. The van der Waals surface area contributed by atoms with Gasteiger partial charge in [0.05, 0.1) is 16.3 Å². The lowest BCUT2D eigenvalue weighted by molar-refractivity contribution is -0.136. The Bertz CT molecular complexity index is 508. The van der Waals surface area contributed by atoms with E-state index in [0.717, 1.165) is 12.8 Å². The van der Waals surface area contributed by atoms with Gasteiger partial charge in [0.1, 0.15) is 0 Å². The van der Waals surface area contributed by atoms with E-state index in [9.17, 15) is 14.4 Å². The van der Waals surface area contributed by atoms with Crippen molar-refractivity contribution < 1.29 is 19.5 Å². The zero-order valence-corrected chi connectivity index (χ0v) is 11.0. The van der Waals surface area contributed by atoms with Crippen LogP contribution in [0.25, 0.3) is 0 Å². The van der Waals surface area contributed by atoms with Gasteiger partial charge in [-0.15, -0.1) is 11.3 Å². The summed E-state index contributed by atoms with van der Waals surface area (Å²) in [5.41, 5.74) is 0. The van der Waals surface area contributed by atoms with Crippen LogP contribution in [0.3, 0.4) is 0 Å². The number of aliphatic carboxylic acids is 1. The molecule has 0 unspecified atom stereocenters. The van der Waals surface area contributed by atoms with Gasteiger partial charge < -0.3 is 15.7 Å². The van der Waals surface area contributed by atoms with E-state index in [1.54, 1.807) is 12.1 Å². The summed E-state index contributed by atoms with van der Waals surface area (Å²) in [6.07, 6.45) is 1.75. The van der Waals surface area contributed by atoms with Crippen LogP contribution in [0.1, 0.15) is 28.9 Å². The summed E-state index contributed by atoms with van der Waals surface area (Å²) in [5, 5.41) is 14.4. The Morgan fingerprint density at radius 1 is 1.32 bits per heavy atom. The second kappa shape index (κ2) is 5.83. The van der Waals surface area contributed by atoms with Crippen LogP contribution in [-0.4, -0.2) is 29.4 Å². The molecule has 2 amide bonds. The average Bonchev–Trinajstić information content (AvgIpc) is 3.10. The molecule has 1 aliphatic carbocycles. The van der Waals surface area contributed by atoms with Gasteiger partial charge in [0, 0.05) is 12.5 Å². The standard InChI is InChI=1S/C12H14N2O4S/c15-10(16)5-6-13-12(18)8-3-4-9(19-8)14-11(17)7-1-2-7/h3-4,7H,1-2,5-6H2,(H,13,18)(H,14,17)(H,15,16). The SMILES string of the molecule is O=C(O)CCNC(=O)c1ccc(NC(=O)C2CC2)s1. The molecule has 1 fully saturated rings. The van der Waals surface area contributed by atoms with Crippen molar-refractivity contribution in [3.8, 4) is 0 Å². The van der Waals surface area contributed by atoms with Crippen molar-refractivity contribution in [3.63, 3.8) is 0 Å². The molecule has 1 aliphatic rings. The predicted molar refractivity (Wildman–Crippen MR) is 70.3 cm³/mol. The quantitative estimate of drug-likeness (QED) is 0.733. The van der Waals surface area contributed by atoms with Gasteiger partial charge in [0.2, 0.25) is 5.91 Å². The van der Waals surface area contributed by atoms with Gasteiger partial charge in [0.15, 0.2) is 0 Å². The third kappa shape index (κ3) is 4.06. The monoisotopic (exact) mass is 282 g/mol. The lowest BCUT2D eigenvalue weighted by atomic mass is 10.4. The van der Waals surface area contributed by atoms with Gasteiger partial charge in [0.25, 0.3) is 5.91 Å². The number of hydrogen-bond acceptors (Lipinski definition) is 4. The number of carbonyl (C=O) groups excluding carboxylic acids is 2. The van der Waals surface area contributed by atoms with Gasteiger partial charge in [-0.1, -0.05) is 0 Å². The Kier molecular flexibility index (Phi) is 4.16. The number of rotatable bonds is 6. The Morgan fingerprint density at radius 2 is 2.05 bits per heavy atom. The molecule has 3 N–H and O–H groups in total. The molecular formula is C12H14N2O4S. The summed E-state index contributed by atoms with van der Waals surface area (Å²) < 4.78 is 0. The molecule has 0 aliphatic heterocycles. The number of nitrogens with one attached hydrogen (secondary N) is 2. The molecule has 1 saturated carbocycles. The van der Waals surface area contributed by atoms with Gasteiger partial charge in [-0.2, -0.15) is 0 Å². The van der Waals surface area contributed by atoms with Gasteiger partial charge in [-0.3, -0.25) is 14.4 Å². The molecule has 2 rings (SSSR count). The van der Waals surface area contributed by atoms with Crippen LogP contribution in [-0.2, 0) is 9.59 Å². The van der Waals surface area contributed by atoms with E-state index in [1.165, 1.54) is 11.3 Å². The third-order valence-corrected chi connectivity index (χ3v) is 3.65. The second-order valence-electron chi connectivity index (χ2n) is 4.33. The van der Waals surface area contributed by atoms with Crippen molar-refractivity contribution >= 4 is 34.1 Å². The normalized spacial score (nSPS) is 13.9. The second-order valence-corrected chi connectivity index (χ2v) is 5.41. The lowest BCUT2D eigenvalue weighted by Gasteiger charge is -2.01. The number of anilines is 1. The summed E-state index contributed by atoms with van der Waals surface area (Å²) in [5.74, 6) is -1.16. The summed E-state index contributed by atoms with van der Waals surface area (Å²) in [4.78, 5) is 34.0. The fourth-order valence-corrected chi connectivity index (χ4v) is 2.29. The Hall–Kier alpha value is -1.89. The molecule has 0 spiro atoms. The van der Waals surface area contributed by atoms with Crippen molar-refractivity contribution in [2.45, 2.75) is 19.3 Å². The Labute approximate surface area is 113 Å². The molecule has 6 nitrogen and oxygen atoms in total. The van der Waals surface area contributed by atoms with Crippen LogP contribution in [0.5, 0.6) is 0 Å². The van der Waals surface area contributed by atoms with E-state index in [1.807, 2.05) is 0 Å². The first-order valence-electron chi connectivity index (χ1n) is 5.97. The summed E-state index contributed by atoms with van der Waals surface area (Å²) >= 11 is 1.18. The molecular weight excluding hydrogens is 268 g/mol. The minimum absolute atomic E-state index is 0.000291. The largest absolute Gasteiger partial charge is 0.481 e. The highest BCUT2D eigenvalue weighted by molar-refractivity contribution is 7.18. The van der Waals surface area contributed by atoms with Gasteiger partial charge in [-0.05, 0) is 25.0 Å². The molecule has 1 aromatic rings. The smallest absolute Gasteiger partial charge is 0.305 e. The van der Waals surface area contributed by atoms with Crippen LogP contribution in [0.15, 0.2) is 12.1 Å². The van der Waals surface area contributed by atoms with E-state index in [-0.39, 0.29) is 30.7 Å². The fraction of sp³-hybridized carbons (Fsp3) is 0.417. The molecule has 19 heavy (non-hydrogen) atoms. The van der Waals surface area contributed by atoms with Crippen LogP contribution < -0.4 is 10.6 Å². The highest BCUT2D eigenvalue weighted by Crippen LogP contribution is 2.31. The zero-order valence-electron chi connectivity index (χ0n) is 10.1. The first-order valence-corrected chi connectivity index (χ1v) is 6.78. The van der Waals surface area contributed by atoms with E-state index >= 15 is 0 Å². The minimum atomic E-state index is -0.955. The molecule has 0 aromatic carbocycles. The minimum Gasteiger partial charge on any atom is -0.481 e. The van der Waals surface area contributed by atoms with Crippen LogP contribution >= 0.6 is 11.3 Å². The maximum atomic E-state index is 11.7. The number of carboxylic acid groups (broad SMARTS) is 1. The van der Waals surface area contributed by atoms with E-state index in [2.05, 4.69) is 10.6 Å². The summed E-state index contributed by atoms with van der Waals surface area (Å²) in [6.45, 7) is 0.0931. The fourth-order valence-electron chi connectivity index (χ4n) is 1.47. The Balaban J connectivity index is 1.83. The first kappa shape index (κ1) is 13.5. The molecule has 0 atom stereocenters. The highest BCUT2D eigenvalue weighted by atomic mass is 32.1. The summed E-state index contributed by atoms with van der Waals surface area (Å²) in [7, 11) is 0. The zero-order chi connectivity index (χ0) is 13.8. The number of amides is 2. The summed E-state index contributed by atoms with van der Waals surface area (Å²) in [6, 6.07) is 3.29. The molecule has 1 heterocycles. The molecule has 102 valence electrons. The number of carbonyl (C=O) groups is 3. The number of hydrogen-bond donors (Lipinski definition) is 3. The Morgan fingerprint density at radius 3 is 2.68 bits per heavy atom. The predicted octanol–water partition coefficient (Wildman–Crippen LogP) is 1.30. The van der Waals surface area contributed by atoms with E-state index in [0.29, 0.717) is 9.88 Å². The van der Waals surface area contributed by atoms with Gasteiger partial charge in [-0.25, -0.2) is 0 Å². The van der Waals surface area contributed by atoms with E-state index in [4.69, 9.17) is 5.11 Å². The number of thiophene rings is 1. The maximum Gasteiger partial charge on any atom is 0.305 e. The third-order valence-electron chi connectivity index (χ3n) is 2.65. The van der Waals surface area contributed by atoms with E-state index < -0.39 is 5.97 Å². The molecule has 1 aromatic heterocycles. The lowest BCUT2D eigenvalue weighted by Crippen LogP contribution is -2.25. The number of carboxylic acids is 1. The van der Waals surface area contributed by atoms with Crippen molar-refractivity contribution in [3.05, 3.63) is 17.0 Å².